The van der Waals surface area contributed by atoms with Crippen molar-refractivity contribution in [3.8, 4) is 11.8 Å². The summed E-state index contributed by atoms with van der Waals surface area (Å²) >= 11 is 0. The summed E-state index contributed by atoms with van der Waals surface area (Å²) in [4.78, 5) is 35.8. The molecule has 0 aromatic heterocycles. The second kappa shape index (κ2) is 9.04. The van der Waals surface area contributed by atoms with E-state index in [2.05, 4.69) is 27.2 Å². The zero-order valence-corrected chi connectivity index (χ0v) is 14.5. The molecule has 6 heteroatoms. The number of ether oxygens (including phenoxy) is 1. The molecule has 0 atom stereocenters. The lowest BCUT2D eigenvalue weighted by molar-refractivity contribution is 0.0596. The van der Waals surface area contributed by atoms with E-state index in [1.807, 2.05) is 0 Å². The summed E-state index contributed by atoms with van der Waals surface area (Å²) in [7, 11) is 2.80. The van der Waals surface area contributed by atoms with Crippen LogP contribution in [0.4, 0.5) is 0 Å². The lowest BCUT2D eigenvalue weighted by atomic mass is 10.1. The SMILES string of the molecule is CNC(=O)c1ccccc1C#CCNC(=O)c1ccccc1C(=O)OC. The van der Waals surface area contributed by atoms with Crippen molar-refractivity contribution in [2.24, 2.45) is 0 Å². The number of hydrogen-bond acceptors (Lipinski definition) is 4. The fraction of sp³-hybridized carbons (Fsp3) is 0.150. The van der Waals surface area contributed by atoms with Crippen molar-refractivity contribution in [2.45, 2.75) is 0 Å². The highest BCUT2D eigenvalue weighted by Gasteiger charge is 2.16. The molecule has 2 rings (SSSR count). The molecule has 0 aliphatic rings. The minimum absolute atomic E-state index is 0.0659. The van der Waals surface area contributed by atoms with Crippen molar-refractivity contribution in [3.05, 3.63) is 70.8 Å². The predicted molar refractivity (Wildman–Crippen MR) is 96.8 cm³/mol. The first kappa shape index (κ1) is 18.7. The summed E-state index contributed by atoms with van der Waals surface area (Å²) in [5.74, 6) is 4.43. The third-order valence-corrected chi connectivity index (χ3v) is 3.54. The molecule has 2 aromatic carbocycles. The molecule has 2 aromatic rings. The monoisotopic (exact) mass is 350 g/mol. The first-order chi connectivity index (χ1) is 12.6. The molecule has 0 radical (unpaired) electrons. The Balaban J connectivity index is 2.09. The minimum Gasteiger partial charge on any atom is -0.465 e. The average molecular weight is 350 g/mol. The Bertz CT molecular complexity index is 894. The lowest BCUT2D eigenvalue weighted by Crippen LogP contribution is -2.26. The van der Waals surface area contributed by atoms with Crippen LogP contribution in [0.5, 0.6) is 0 Å². The van der Waals surface area contributed by atoms with Crippen LogP contribution in [0.3, 0.4) is 0 Å². The Labute approximate surface area is 151 Å². The second-order valence-electron chi connectivity index (χ2n) is 5.15. The molecule has 0 spiro atoms. The van der Waals surface area contributed by atoms with E-state index in [0.29, 0.717) is 11.1 Å². The maximum atomic E-state index is 12.3. The molecule has 0 aliphatic heterocycles. The third-order valence-electron chi connectivity index (χ3n) is 3.54. The normalized spacial score (nSPS) is 9.46. The number of benzene rings is 2. The molecule has 0 heterocycles. The molecular formula is C20H18N2O4. The quantitative estimate of drug-likeness (QED) is 0.648. The fourth-order valence-corrected chi connectivity index (χ4v) is 2.25. The molecule has 0 unspecified atom stereocenters. The molecular weight excluding hydrogens is 332 g/mol. The van der Waals surface area contributed by atoms with Gasteiger partial charge < -0.3 is 15.4 Å². The number of hydrogen-bond donors (Lipinski definition) is 2. The average Bonchev–Trinajstić information content (AvgIpc) is 2.70. The van der Waals surface area contributed by atoms with Crippen molar-refractivity contribution < 1.29 is 19.1 Å². The smallest absolute Gasteiger partial charge is 0.338 e. The number of methoxy groups -OCH3 is 1. The van der Waals surface area contributed by atoms with Crippen LogP contribution in [-0.4, -0.2) is 38.5 Å². The summed E-state index contributed by atoms with van der Waals surface area (Å²) in [5.41, 5.74) is 1.43. The van der Waals surface area contributed by atoms with Gasteiger partial charge in [-0.2, -0.15) is 0 Å². The zero-order valence-electron chi connectivity index (χ0n) is 14.5. The van der Waals surface area contributed by atoms with Gasteiger partial charge in [0.1, 0.15) is 0 Å². The van der Waals surface area contributed by atoms with Gasteiger partial charge in [0.2, 0.25) is 0 Å². The van der Waals surface area contributed by atoms with Crippen LogP contribution in [0, 0.1) is 11.8 Å². The molecule has 2 amide bonds. The van der Waals surface area contributed by atoms with Gasteiger partial charge >= 0.3 is 5.97 Å². The Morgan fingerprint density at radius 3 is 2.19 bits per heavy atom. The largest absolute Gasteiger partial charge is 0.465 e. The van der Waals surface area contributed by atoms with E-state index in [1.54, 1.807) is 43.4 Å². The van der Waals surface area contributed by atoms with Crippen molar-refractivity contribution in [1.29, 1.82) is 0 Å². The highest BCUT2D eigenvalue weighted by atomic mass is 16.5. The topological polar surface area (TPSA) is 84.5 Å². The maximum absolute atomic E-state index is 12.3. The Hall–Kier alpha value is -3.59. The highest BCUT2D eigenvalue weighted by Crippen LogP contribution is 2.10. The molecule has 0 fully saturated rings. The van der Waals surface area contributed by atoms with Crippen LogP contribution >= 0.6 is 0 Å². The number of esters is 1. The zero-order chi connectivity index (χ0) is 18.9. The lowest BCUT2D eigenvalue weighted by Gasteiger charge is -2.07. The van der Waals surface area contributed by atoms with Crippen LogP contribution in [-0.2, 0) is 4.74 Å². The van der Waals surface area contributed by atoms with Gasteiger partial charge in [-0.3, -0.25) is 9.59 Å². The summed E-state index contributed by atoms with van der Waals surface area (Å²) in [6.07, 6.45) is 0. The van der Waals surface area contributed by atoms with Gasteiger partial charge in [0.25, 0.3) is 11.8 Å². The second-order valence-corrected chi connectivity index (χ2v) is 5.15. The molecule has 26 heavy (non-hydrogen) atoms. The molecule has 2 N–H and O–H groups in total. The first-order valence-corrected chi connectivity index (χ1v) is 7.84. The van der Waals surface area contributed by atoms with E-state index in [4.69, 9.17) is 0 Å². The summed E-state index contributed by atoms with van der Waals surface area (Å²) < 4.78 is 4.67. The number of amides is 2. The van der Waals surface area contributed by atoms with E-state index in [-0.39, 0.29) is 23.6 Å². The number of carbonyl (C=O) groups is 3. The van der Waals surface area contributed by atoms with E-state index >= 15 is 0 Å². The first-order valence-electron chi connectivity index (χ1n) is 7.84. The summed E-state index contributed by atoms with van der Waals surface area (Å²) in [6.45, 7) is 0.0659. The van der Waals surface area contributed by atoms with Crippen molar-refractivity contribution in [2.75, 3.05) is 20.7 Å². The molecule has 0 bridgehead atoms. The van der Waals surface area contributed by atoms with Crippen LogP contribution < -0.4 is 10.6 Å². The van der Waals surface area contributed by atoms with Crippen molar-refractivity contribution in [3.63, 3.8) is 0 Å². The van der Waals surface area contributed by atoms with Crippen LogP contribution in [0.1, 0.15) is 36.6 Å². The fourth-order valence-electron chi connectivity index (χ4n) is 2.25. The highest BCUT2D eigenvalue weighted by molar-refractivity contribution is 6.05. The van der Waals surface area contributed by atoms with E-state index < -0.39 is 11.9 Å². The van der Waals surface area contributed by atoms with Gasteiger partial charge in [-0.05, 0) is 24.3 Å². The standard InChI is InChI=1S/C20H18N2O4/c1-21-18(23)15-10-4-3-8-14(15)9-7-13-22-19(24)16-11-5-6-12-17(16)20(25)26-2/h3-6,8,10-12H,13H2,1-2H3,(H,21,23)(H,22,24). The molecule has 0 saturated heterocycles. The maximum Gasteiger partial charge on any atom is 0.338 e. The van der Waals surface area contributed by atoms with Crippen LogP contribution in [0.2, 0.25) is 0 Å². The third kappa shape index (κ3) is 4.48. The molecule has 6 nitrogen and oxygen atoms in total. The predicted octanol–water partition coefficient (Wildman–Crippen LogP) is 1.61. The van der Waals surface area contributed by atoms with Gasteiger partial charge in [-0.1, -0.05) is 36.1 Å². The number of rotatable bonds is 4. The summed E-state index contributed by atoms with van der Waals surface area (Å²) in [5, 5.41) is 5.18. The van der Waals surface area contributed by atoms with Gasteiger partial charge in [0, 0.05) is 12.6 Å². The van der Waals surface area contributed by atoms with Crippen molar-refractivity contribution in [1.82, 2.24) is 10.6 Å². The van der Waals surface area contributed by atoms with Gasteiger partial charge in [0.15, 0.2) is 0 Å². The van der Waals surface area contributed by atoms with E-state index in [9.17, 15) is 14.4 Å². The van der Waals surface area contributed by atoms with E-state index in [0.717, 1.165) is 0 Å². The molecule has 0 aliphatic carbocycles. The molecule has 132 valence electrons. The van der Waals surface area contributed by atoms with Crippen LogP contribution in [0.25, 0.3) is 0 Å². The van der Waals surface area contributed by atoms with Gasteiger partial charge in [-0.15, -0.1) is 0 Å². The minimum atomic E-state index is -0.582. The van der Waals surface area contributed by atoms with Crippen LogP contribution in [0.15, 0.2) is 48.5 Å². The van der Waals surface area contributed by atoms with Crippen molar-refractivity contribution >= 4 is 17.8 Å². The Kier molecular flexibility index (Phi) is 6.52. The molecule has 0 saturated carbocycles. The Morgan fingerprint density at radius 2 is 1.54 bits per heavy atom. The van der Waals surface area contributed by atoms with E-state index in [1.165, 1.54) is 19.2 Å². The Morgan fingerprint density at radius 1 is 0.923 bits per heavy atom. The summed E-state index contributed by atoms with van der Waals surface area (Å²) in [6, 6.07) is 13.3. The number of nitrogens with one attached hydrogen (secondary N) is 2. The van der Waals surface area contributed by atoms with Gasteiger partial charge in [-0.25, -0.2) is 4.79 Å². The number of carbonyl (C=O) groups excluding carboxylic acids is 3. The van der Waals surface area contributed by atoms with Gasteiger partial charge in [0.05, 0.1) is 30.3 Å².